The van der Waals surface area contributed by atoms with Crippen LogP contribution in [0.3, 0.4) is 0 Å². The molecule has 2 rings (SSSR count). The summed E-state index contributed by atoms with van der Waals surface area (Å²) in [6.07, 6.45) is 6.11. The Bertz CT molecular complexity index is 559. The zero-order valence-corrected chi connectivity index (χ0v) is 13.4. The number of sulfone groups is 1. The van der Waals surface area contributed by atoms with Gasteiger partial charge in [0.05, 0.1) is 0 Å². The standard InChI is InChI=1S/C16H24FNO2S/c1-21(19,20)11-3-2-9-18-10-5-8-16(18)13-14-6-4-7-15(17)12-14/h4,6-7,12,16H,2-3,5,8-11,13H2,1H3. The molecule has 1 aliphatic heterocycles. The smallest absolute Gasteiger partial charge is 0.147 e. The lowest BCUT2D eigenvalue weighted by Crippen LogP contribution is -2.32. The highest BCUT2D eigenvalue weighted by molar-refractivity contribution is 7.90. The molecule has 0 aromatic heterocycles. The van der Waals surface area contributed by atoms with Gasteiger partial charge in [-0.05, 0) is 62.9 Å². The average Bonchev–Trinajstić information content (AvgIpc) is 2.81. The molecule has 1 fully saturated rings. The van der Waals surface area contributed by atoms with Gasteiger partial charge in [0.25, 0.3) is 0 Å². The minimum absolute atomic E-state index is 0.176. The molecule has 0 aliphatic carbocycles. The molecule has 21 heavy (non-hydrogen) atoms. The first kappa shape index (κ1) is 16.4. The highest BCUT2D eigenvalue weighted by Crippen LogP contribution is 2.22. The van der Waals surface area contributed by atoms with E-state index in [9.17, 15) is 12.8 Å². The van der Waals surface area contributed by atoms with Gasteiger partial charge in [-0.15, -0.1) is 0 Å². The molecule has 1 aromatic rings. The third kappa shape index (κ3) is 5.75. The SMILES string of the molecule is CS(=O)(=O)CCCCN1CCCC1Cc1cccc(F)c1. The predicted octanol–water partition coefficient (Wildman–Crippen LogP) is 2.66. The molecule has 1 unspecified atom stereocenters. The summed E-state index contributed by atoms with van der Waals surface area (Å²) >= 11 is 0. The van der Waals surface area contributed by atoms with E-state index in [0.717, 1.165) is 44.3 Å². The lowest BCUT2D eigenvalue weighted by Gasteiger charge is -2.24. The van der Waals surface area contributed by atoms with Crippen LogP contribution in [0.2, 0.25) is 0 Å². The number of hydrogen-bond donors (Lipinski definition) is 0. The average molecular weight is 313 g/mol. The van der Waals surface area contributed by atoms with Gasteiger partial charge >= 0.3 is 0 Å². The third-order valence-electron chi connectivity index (χ3n) is 4.07. The normalized spacial score (nSPS) is 20.0. The van der Waals surface area contributed by atoms with Crippen molar-refractivity contribution in [3.8, 4) is 0 Å². The molecule has 0 amide bonds. The first-order valence-corrected chi connectivity index (χ1v) is 9.66. The fraction of sp³-hybridized carbons (Fsp3) is 0.625. The highest BCUT2D eigenvalue weighted by atomic mass is 32.2. The van der Waals surface area contributed by atoms with Gasteiger partial charge in [-0.3, -0.25) is 0 Å². The van der Waals surface area contributed by atoms with Crippen LogP contribution < -0.4 is 0 Å². The first-order valence-electron chi connectivity index (χ1n) is 7.60. The molecular formula is C16H24FNO2S. The lowest BCUT2D eigenvalue weighted by molar-refractivity contribution is 0.248. The molecule has 3 nitrogen and oxygen atoms in total. The van der Waals surface area contributed by atoms with Crippen LogP contribution in [-0.4, -0.2) is 44.5 Å². The molecule has 1 saturated heterocycles. The monoisotopic (exact) mass is 313 g/mol. The number of hydrogen-bond acceptors (Lipinski definition) is 3. The Kier molecular flexibility index (Phi) is 5.76. The van der Waals surface area contributed by atoms with Crippen molar-refractivity contribution in [2.45, 2.75) is 38.1 Å². The summed E-state index contributed by atoms with van der Waals surface area (Å²) in [5.41, 5.74) is 1.04. The second-order valence-electron chi connectivity index (χ2n) is 6.00. The zero-order valence-electron chi connectivity index (χ0n) is 12.6. The molecule has 118 valence electrons. The van der Waals surface area contributed by atoms with E-state index in [-0.39, 0.29) is 11.6 Å². The van der Waals surface area contributed by atoms with Gasteiger partial charge in [-0.2, -0.15) is 0 Å². The molecule has 1 aromatic carbocycles. The van der Waals surface area contributed by atoms with E-state index in [1.54, 1.807) is 12.1 Å². The van der Waals surface area contributed by atoms with Crippen LogP contribution in [0.15, 0.2) is 24.3 Å². The Morgan fingerprint density at radius 2 is 2.14 bits per heavy atom. The van der Waals surface area contributed by atoms with Gasteiger partial charge in [0, 0.05) is 18.1 Å². The van der Waals surface area contributed by atoms with Crippen molar-refractivity contribution in [3.63, 3.8) is 0 Å². The molecule has 5 heteroatoms. The summed E-state index contributed by atoms with van der Waals surface area (Å²) in [7, 11) is -2.85. The molecule has 1 atom stereocenters. The Hall–Kier alpha value is -0.940. The van der Waals surface area contributed by atoms with Crippen LogP contribution in [-0.2, 0) is 16.3 Å². The molecule has 1 heterocycles. The van der Waals surface area contributed by atoms with Crippen LogP contribution in [0.1, 0.15) is 31.2 Å². The number of halogens is 1. The van der Waals surface area contributed by atoms with Gasteiger partial charge < -0.3 is 4.90 Å². The molecule has 1 aliphatic rings. The van der Waals surface area contributed by atoms with Crippen LogP contribution in [0.25, 0.3) is 0 Å². The topological polar surface area (TPSA) is 37.4 Å². The first-order chi connectivity index (χ1) is 9.94. The molecule has 0 bridgehead atoms. The fourth-order valence-electron chi connectivity index (χ4n) is 3.04. The summed E-state index contributed by atoms with van der Waals surface area (Å²) in [5, 5.41) is 0. The Labute approximate surface area is 127 Å². The summed E-state index contributed by atoms with van der Waals surface area (Å²) < 4.78 is 35.5. The molecule has 0 radical (unpaired) electrons. The van der Waals surface area contributed by atoms with Crippen molar-refractivity contribution in [2.75, 3.05) is 25.1 Å². The van der Waals surface area contributed by atoms with Crippen LogP contribution in [0.5, 0.6) is 0 Å². The van der Waals surface area contributed by atoms with Crippen molar-refractivity contribution >= 4 is 9.84 Å². The number of nitrogens with zero attached hydrogens (tertiary/aromatic N) is 1. The maximum Gasteiger partial charge on any atom is 0.147 e. The van der Waals surface area contributed by atoms with E-state index in [0.29, 0.717) is 6.04 Å². The van der Waals surface area contributed by atoms with E-state index in [1.807, 2.05) is 6.07 Å². The Morgan fingerprint density at radius 3 is 2.86 bits per heavy atom. The Morgan fingerprint density at radius 1 is 1.33 bits per heavy atom. The predicted molar refractivity (Wildman–Crippen MR) is 83.6 cm³/mol. The third-order valence-corrected chi connectivity index (χ3v) is 5.10. The van der Waals surface area contributed by atoms with Crippen molar-refractivity contribution in [1.82, 2.24) is 4.90 Å². The van der Waals surface area contributed by atoms with E-state index in [4.69, 9.17) is 0 Å². The minimum Gasteiger partial charge on any atom is -0.300 e. The number of benzene rings is 1. The minimum atomic E-state index is -2.85. The molecule has 0 N–H and O–H groups in total. The van der Waals surface area contributed by atoms with Crippen molar-refractivity contribution in [3.05, 3.63) is 35.6 Å². The van der Waals surface area contributed by atoms with Crippen LogP contribution in [0.4, 0.5) is 4.39 Å². The van der Waals surface area contributed by atoms with Gasteiger partial charge in [0.2, 0.25) is 0 Å². The van der Waals surface area contributed by atoms with Gasteiger partial charge in [-0.1, -0.05) is 12.1 Å². The molecule has 0 saturated carbocycles. The number of rotatable bonds is 7. The van der Waals surface area contributed by atoms with E-state index >= 15 is 0 Å². The number of likely N-dealkylation sites (tertiary alicyclic amines) is 1. The Balaban J connectivity index is 1.80. The summed E-state index contributed by atoms with van der Waals surface area (Å²) in [6.45, 7) is 2.01. The quantitative estimate of drug-likeness (QED) is 0.726. The van der Waals surface area contributed by atoms with Crippen LogP contribution in [0, 0.1) is 5.82 Å². The summed E-state index contributed by atoms with van der Waals surface area (Å²) in [6, 6.07) is 7.28. The number of unbranched alkanes of at least 4 members (excludes halogenated alkanes) is 1. The summed E-state index contributed by atoms with van der Waals surface area (Å²) in [4.78, 5) is 2.42. The van der Waals surface area contributed by atoms with E-state index in [2.05, 4.69) is 4.90 Å². The maximum absolute atomic E-state index is 13.2. The second kappa shape index (κ2) is 7.36. The van der Waals surface area contributed by atoms with E-state index < -0.39 is 9.84 Å². The van der Waals surface area contributed by atoms with Gasteiger partial charge in [0.1, 0.15) is 15.7 Å². The van der Waals surface area contributed by atoms with Gasteiger partial charge in [-0.25, -0.2) is 12.8 Å². The van der Waals surface area contributed by atoms with Crippen LogP contribution >= 0.6 is 0 Å². The maximum atomic E-state index is 13.2. The highest BCUT2D eigenvalue weighted by Gasteiger charge is 2.24. The van der Waals surface area contributed by atoms with Crippen molar-refractivity contribution < 1.29 is 12.8 Å². The summed E-state index contributed by atoms with van der Waals surface area (Å²) in [5.74, 6) is 0.0975. The van der Waals surface area contributed by atoms with Crippen molar-refractivity contribution in [2.24, 2.45) is 0 Å². The van der Waals surface area contributed by atoms with Crippen molar-refractivity contribution in [1.29, 1.82) is 0 Å². The molecular weight excluding hydrogens is 289 g/mol. The molecule has 0 spiro atoms. The zero-order chi connectivity index (χ0) is 15.3. The van der Waals surface area contributed by atoms with E-state index in [1.165, 1.54) is 18.7 Å². The second-order valence-corrected chi connectivity index (χ2v) is 8.26. The lowest BCUT2D eigenvalue weighted by atomic mass is 10.0. The van der Waals surface area contributed by atoms with Gasteiger partial charge in [0.15, 0.2) is 0 Å². The largest absolute Gasteiger partial charge is 0.300 e. The fourth-order valence-corrected chi connectivity index (χ4v) is 3.76.